The predicted molar refractivity (Wildman–Crippen MR) is 113 cm³/mol. The summed E-state index contributed by atoms with van der Waals surface area (Å²) in [4.78, 5) is 16.3. The molecule has 0 fully saturated rings. The molecule has 0 spiro atoms. The number of alkyl halides is 3. The fraction of sp³-hybridized carbons (Fsp3) is 0.200. The quantitative estimate of drug-likeness (QED) is 0.500. The Bertz CT molecular complexity index is 1180. The molecule has 1 aromatic heterocycles. The zero-order chi connectivity index (χ0) is 22.6. The number of sulfonamides is 1. The van der Waals surface area contributed by atoms with E-state index in [0.29, 0.717) is 20.5 Å². The van der Waals surface area contributed by atoms with Crippen molar-refractivity contribution < 1.29 is 26.4 Å². The molecule has 1 heterocycles. The number of carbonyl (C=O) groups is 1. The molecule has 0 bridgehead atoms. The molecule has 0 unspecified atom stereocenters. The number of benzene rings is 2. The van der Waals surface area contributed by atoms with E-state index in [-0.39, 0.29) is 23.5 Å². The molecule has 0 saturated carbocycles. The summed E-state index contributed by atoms with van der Waals surface area (Å²) in [6, 6.07) is 12.9. The van der Waals surface area contributed by atoms with E-state index >= 15 is 0 Å². The Kier molecular flexibility index (Phi) is 7.15. The number of Topliss-reactive ketones (excluding diaryl/α,β-unsaturated/α-hetero) is 1. The van der Waals surface area contributed by atoms with Crippen LogP contribution in [0.2, 0.25) is 4.34 Å². The van der Waals surface area contributed by atoms with Crippen LogP contribution in [-0.4, -0.2) is 31.9 Å². The summed E-state index contributed by atoms with van der Waals surface area (Å²) >= 11 is 7.00. The standard InChI is InChI=1S/C20H16ClF3N2O3S2/c21-18-11-25-19(30-18)10-15(27)8-14-9-16(31(28,29)26-12-20(22,23)24)6-7-17(14)13-4-2-1-3-5-13/h1-7,9,11,26H,8,10,12H2. The van der Waals surface area contributed by atoms with Crippen molar-refractivity contribution in [2.24, 2.45) is 0 Å². The van der Waals surface area contributed by atoms with Crippen LogP contribution in [0.5, 0.6) is 0 Å². The number of rotatable bonds is 8. The van der Waals surface area contributed by atoms with Gasteiger partial charge in [-0.15, -0.1) is 11.3 Å². The van der Waals surface area contributed by atoms with Crippen molar-refractivity contribution in [2.45, 2.75) is 23.9 Å². The summed E-state index contributed by atoms with van der Waals surface area (Å²) in [5, 5.41) is 0.520. The lowest BCUT2D eigenvalue weighted by Gasteiger charge is -2.14. The van der Waals surface area contributed by atoms with E-state index in [9.17, 15) is 26.4 Å². The minimum absolute atomic E-state index is 0.00885. The molecule has 0 saturated heterocycles. The van der Waals surface area contributed by atoms with E-state index in [1.165, 1.54) is 29.1 Å². The van der Waals surface area contributed by atoms with Crippen LogP contribution in [-0.2, 0) is 27.7 Å². The van der Waals surface area contributed by atoms with Gasteiger partial charge >= 0.3 is 6.18 Å². The molecule has 0 radical (unpaired) electrons. The van der Waals surface area contributed by atoms with Gasteiger partial charge in [-0.1, -0.05) is 48.0 Å². The molecule has 3 rings (SSSR count). The van der Waals surface area contributed by atoms with Gasteiger partial charge in [0.25, 0.3) is 0 Å². The second kappa shape index (κ2) is 9.47. The van der Waals surface area contributed by atoms with Crippen LogP contribution in [0.25, 0.3) is 11.1 Å². The molecule has 3 aromatic rings. The second-order valence-electron chi connectivity index (χ2n) is 6.58. The van der Waals surface area contributed by atoms with Crippen LogP contribution < -0.4 is 4.72 Å². The zero-order valence-corrected chi connectivity index (χ0v) is 18.2. The lowest BCUT2D eigenvalue weighted by molar-refractivity contribution is -0.121. The summed E-state index contributed by atoms with van der Waals surface area (Å²) in [5.74, 6) is -0.235. The molecule has 0 amide bonds. The molecular weight excluding hydrogens is 473 g/mol. The Morgan fingerprint density at radius 1 is 1.10 bits per heavy atom. The maximum atomic E-state index is 12.6. The first-order valence-corrected chi connectivity index (χ1v) is 11.6. The highest BCUT2D eigenvalue weighted by atomic mass is 35.5. The Morgan fingerprint density at radius 3 is 2.42 bits per heavy atom. The van der Waals surface area contributed by atoms with E-state index in [1.54, 1.807) is 30.3 Å². The van der Waals surface area contributed by atoms with Crippen molar-refractivity contribution >= 4 is 38.7 Å². The smallest absolute Gasteiger partial charge is 0.299 e. The maximum Gasteiger partial charge on any atom is 0.402 e. The molecule has 11 heteroatoms. The number of hydrogen-bond donors (Lipinski definition) is 1. The van der Waals surface area contributed by atoms with E-state index in [0.717, 1.165) is 16.9 Å². The van der Waals surface area contributed by atoms with Gasteiger partial charge < -0.3 is 0 Å². The zero-order valence-electron chi connectivity index (χ0n) is 15.8. The topological polar surface area (TPSA) is 76.1 Å². The number of nitrogens with one attached hydrogen (secondary N) is 1. The van der Waals surface area contributed by atoms with Crippen molar-refractivity contribution in [1.82, 2.24) is 9.71 Å². The molecule has 5 nitrogen and oxygen atoms in total. The third-order valence-corrected chi connectivity index (χ3v) is 6.71. The highest BCUT2D eigenvalue weighted by Gasteiger charge is 2.30. The van der Waals surface area contributed by atoms with Gasteiger partial charge in [0.1, 0.15) is 21.7 Å². The normalized spacial score (nSPS) is 12.1. The molecule has 0 aliphatic heterocycles. The van der Waals surface area contributed by atoms with Gasteiger partial charge in [0, 0.05) is 6.42 Å². The van der Waals surface area contributed by atoms with Crippen LogP contribution >= 0.6 is 22.9 Å². The van der Waals surface area contributed by atoms with Gasteiger partial charge in [-0.2, -0.15) is 13.2 Å². The lowest BCUT2D eigenvalue weighted by Crippen LogP contribution is -2.33. The summed E-state index contributed by atoms with van der Waals surface area (Å²) in [5.41, 5.74) is 1.74. The third-order valence-electron chi connectivity index (χ3n) is 4.20. The van der Waals surface area contributed by atoms with Crippen LogP contribution in [0.1, 0.15) is 10.6 Å². The molecule has 2 aromatic carbocycles. The number of ketones is 1. The number of carbonyl (C=O) groups excluding carboxylic acids is 1. The van der Waals surface area contributed by atoms with Crippen molar-refractivity contribution in [3.05, 3.63) is 69.6 Å². The Morgan fingerprint density at radius 2 is 1.81 bits per heavy atom. The number of halogens is 4. The largest absolute Gasteiger partial charge is 0.402 e. The maximum absolute atomic E-state index is 12.6. The fourth-order valence-corrected chi connectivity index (χ4v) is 4.91. The molecule has 0 aliphatic carbocycles. The average Bonchev–Trinajstić information content (AvgIpc) is 3.11. The number of nitrogens with zero attached hydrogens (tertiary/aromatic N) is 1. The highest BCUT2D eigenvalue weighted by molar-refractivity contribution is 7.89. The highest BCUT2D eigenvalue weighted by Crippen LogP contribution is 2.28. The van der Waals surface area contributed by atoms with Crippen LogP contribution in [0.3, 0.4) is 0 Å². The van der Waals surface area contributed by atoms with Gasteiger partial charge in [-0.05, 0) is 28.8 Å². The molecule has 31 heavy (non-hydrogen) atoms. The van der Waals surface area contributed by atoms with Crippen LogP contribution in [0.4, 0.5) is 13.2 Å². The van der Waals surface area contributed by atoms with Crippen LogP contribution in [0.15, 0.2) is 59.6 Å². The molecule has 1 N–H and O–H groups in total. The summed E-state index contributed by atoms with van der Waals surface area (Å²) < 4.78 is 64.0. The molecule has 0 aliphatic rings. The van der Waals surface area contributed by atoms with E-state index in [2.05, 4.69) is 4.98 Å². The van der Waals surface area contributed by atoms with Crippen molar-refractivity contribution in [1.29, 1.82) is 0 Å². The predicted octanol–water partition coefficient (Wildman–Crippen LogP) is 4.66. The number of thiazole rings is 1. The number of hydrogen-bond acceptors (Lipinski definition) is 5. The minimum atomic E-state index is -4.69. The fourth-order valence-electron chi connectivity index (χ4n) is 2.86. The van der Waals surface area contributed by atoms with Crippen molar-refractivity contribution in [2.75, 3.05) is 6.54 Å². The molecular formula is C20H16ClF3N2O3S2. The Labute approximate surface area is 186 Å². The summed E-state index contributed by atoms with van der Waals surface area (Å²) in [7, 11) is -4.42. The third kappa shape index (κ3) is 6.60. The van der Waals surface area contributed by atoms with Gasteiger partial charge in [0.05, 0.1) is 17.5 Å². The Balaban J connectivity index is 1.93. The van der Waals surface area contributed by atoms with E-state index in [4.69, 9.17) is 11.6 Å². The first-order chi connectivity index (χ1) is 14.5. The van der Waals surface area contributed by atoms with Gasteiger partial charge in [-0.25, -0.2) is 18.1 Å². The summed E-state index contributed by atoms with van der Waals surface area (Å²) in [6.45, 7) is -1.69. The monoisotopic (exact) mass is 488 g/mol. The average molecular weight is 489 g/mol. The Hall–Kier alpha value is -2.27. The first kappa shape index (κ1) is 23.4. The first-order valence-electron chi connectivity index (χ1n) is 8.90. The second-order valence-corrected chi connectivity index (χ2v) is 10.1. The minimum Gasteiger partial charge on any atom is -0.299 e. The SMILES string of the molecule is O=C(Cc1ncc(Cl)s1)Cc1cc(S(=O)(=O)NCC(F)(F)F)ccc1-c1ccccc1. The van der Waals surface area contributed by atoms with Crippen molar-refractivity contribution in [3.8, 4) is 11.1 Å². The molecule has 0 atom stereocenters. The summed E-state index contributed by atoms with van der Waals surface area (Å²) in [6.07, 6.45) is -3.37. The lowest BCUT2D eigenvalue weighted by atomic mass is 9.96. The van der Waals surface area contributed by atoms with E-state index in [1.807, 2.05) is 0 Å². The van der Waals surface area contributed by atoms with Gasteiger partial charge in [0.15, 0.2) is 0 Å². The number of aromatic nitrogens is 1. The van der Waals surface area contributed by atoms with Crippen LogP contribution in [0, 0.1) is 0 Å². The van der Waals surface area contributed by atoms with Gasteiger partial charge in [0.2, 0.25) is 10.0 Å². The van der Waals surface area contributed by atoms with E-state index < -0.39 is 22.7 Å². The van der Waals surface area contributed by atoms with Gasteiger partial charge in [-0.3, -0.25) is 4.79 Å². The van der Waals surface area contributed by atoms with Crippen molar-refractivity contribution in [3.63, 3.8) is 0 Å². The molecule has 164 valence electrons.